The average molecular weight is 379 g/mol. The second kappa shape index (κ2) is 9.72. The molecule has 0 N–H and O–H groups in total. The van der Waals surface area contributed by atoms with E-state index in [1.807, 2.05) is 13.8 Å². The number of methoxy groups -OCH3 is 1. The van der Waals surface area contributed by atoms with Gasteiger partial charge in [-0.15, -0.1) is 0 Å². The molecule has 0 aromatic carbocycles. The van der Waals surface area contributed by atoms with E-state index in [1.165, 1.54) is 7.11 Å². The van der Waals surface area contributed by atoms with Crippen molar-refractivity contribution < 1.29 is 19.1 Å². The fraction of sp³-hybridized carbons (Fsp3) is 0.667. The van der Waals surface area contributed by atoms with Crippen LogP contribution < -0.4 is 0 Å². The van der Waals surface area contributed by atoms with Gasteiger partial charge in [0.25, 0.3) is 0 Å². The Morgan fingerprint density at radius 3 is 2.15 bits per heavy atom. The number of ether oxygens (including phenoxy) is 1. The molecule has 1 unspecified atom stereocenters. The predicted molar refractivity (Wildman–Crippen MR) is 106 cm³/mol. The number of rotatable bonds is 9. The molecule has 6 heteroatoms. The predicted octanol–water partition coefficient (Wildman–Crippen LogP) is 3.77. The smallest absolute Gasteiger partial charge is 0.354 e. The molecule has 0 aliphatic rings. The van der Waals surface area contributed by atoms with Crippen LogP contribution in [0.25, 0.3) is 0 Å². The van der Waals surface area contributed by atoms with E-state index in [1.54, 1.807) is 30.2 Å². The van der Waals surface area contributed by atoms with Crippen LogP contribution >= 0.6 is 0 Å². The molecule has 1 aromatic rings. The van der Waals surface area contributed by atoms with Gasteiger partial charge in [-0.05, 0) is 45.6 Å². The molecule has 27 heavy (non-hydrogen) atoms. The minimum Gasteiger partial charge on any atom is -0.464 e. The third-order valence-corrected chi connectivity index (χ3v) is 5.13. The lowest BCUT2D eigenvalue weighted by atomic mass is 9.99. The quantitative estimate of drug-likeness (QED) is 0.484. The fourth-order valence-corrected chi connectivity index (χ4v) is 3.50. The van der Waals surface area contributed by atoms with Crippen LogP contribution in [0.2, 0.25) is 0 Å². The van der Waals surface area contributed by atoms with Gasteiger partial charge in [-0.25, -0.2) is 4.79 Å². The first kappa shape index (κ1) is 22.9. The zero-order chi connectivity index (χ0) is 20.9. The monoisotopic (exact) mass is 378 g/mol. The second-order valence-electron chi connectivity index (χ2n) is 7.33. The van der Waals surface area contributed by atoms with Crippen molar-refractivity contribution >= 4 is 17.7 Å². The molecule has 0 saturated heterocycles. The van der Waals surface area contributed by atoms with E-state index in [9.17, 15) is 14.4 Å². The summed E-state index contributed by atoms with van der Waals surface area (Å²) >= 11 is 0. The van der Waals surface area contributed by atoms with E-state index < -0.39 is 12.0 Å². The molecule has 1 aromatic heterocycles. The van der Waals surface area contributed by atoms with Crippen molar-refractivity contribution in [2.45, 2.75) is 73.9 Å². The normalized spacial score (nSPS) is 12.2. The summed E-state index contributed by atoms with van der Waals surface area (Å²) in [5, 5.41) is 0. The topological polar surface area (TPSA) is 68.6 Å². The van der Waals surface area contributed by atoms with Gasteiger partial charge in [0.05, 0.1) is 13.2 Å². The van der Waals surface area contributed by atoms with E-state index >= 15 is 0 Å². The Labute approximate surface area is 162 Å². The molecule has 1 atom stereocenters. The molecule has 0 aliphatic heterocycles. The van der Waals surface area contributed by atoms with Gasteiger partial charge in [-0.3, -0.25) is 9.59 Å². The van der Waals surface area contributed by atoms with Crippen LogP contribution in [0, 0.1) is 19.8 Å². The Bertz CT molecular complexity index is 704. The second-order valence-corrected chi connectivity index (χ2v) is 7.33. The number of Topliss-reactive ketones (excluding diaryl/α,β-unsaturated/α-hetero) is 1. The molecule has 0 radical (unpaired) electrons. The van der Waals surface area contributed by atoms with Crippen LogP contribution in [0.4, 0.5) is 0 Å². The number of esters is 1. The van der Waals surface area contributed by atoms with Gasteiger partial charge in [-0.1, -0.05) is 20.8 Å². The van der Waals surface area contributed by atoms with Gasteiger partial charge in [0.1, 0.15) is 5.69 Å². The van der Waals surface area contributed by atoms with Crippen molar-refractivity contribution in [2.75, 3.05) is 13.7 Å². The maximum atomic E-state index is 13.3. The molecule has 0 spiro atoms. The Morgan fingerprint density at radius 1 is 1.11 bits per heavy atom. The van der Waals surface area contributed by atoms with Gasteiger partial charge >= 0.3 is 5.97 Å². The summed E-state index contributed by atoms with van der Waals surface area (Å²) in [7, 11) is 1.34. The molecule has 1 heterocycles. The van der Waals surface area contributed by atoms with Crippen LogP contribution in [0.3, 0.4) is 0 Å². The summed E-state index contributed by atoms with van der Waals surface area (Å²) in [6, 6.07) is -0.577. The van der Waals surface area contributed by atoms with Crippen LogP contribution in [-0.2, 0) is 16.1 Å². The van der Waals surface area contributed by atoms with Gasteiger partial charge in [0.15, 0.2) is 5.78 Å². The van der Waals surface area contributed by atoms with Crippen molar-refractivity contribution in [3.05, 3.63) is 22.5 Å². The van der Waals surface area contributed by atoms with Gasteiger partial charge in [0, 0.05) is 30.8 Å². The first-order chi connectivity index (χ1) is 12.6. The molecule has 0 aliphatic carbocycles. The van der Waals surface area contributed by atoms with E-state index in [0.717, 1.165) is 12.1 Å². The SMILES string of the molecule is CCC(=O)N(CCC(C)C)C(C)C(=O)c1c(C)c(C(=O)OC)n(CC)c1C. The molecule has 1 amide bonds. The van der Waals surface area contributed by atoms with E-state index in [4.69, 9.17) is 4.74 Å². The molecule has 1 rings (SSSR count). The first-order valence-electron chi connectivity index (χ1n) is 9.73. The molecule has 6 nitrogen and oxygen atoms in total. The number of carbonyl (C=O) groups is 3. The number of amides is 1. The summed E-state index contributed by atoms with van der Waals surface area (Å²) in [5.74, 6) is -0.177. The van der Waals surface area contributed by atoms with Crippen molar-refractivity contribution in [1.82, 2.24) is 9.47 Å². The maximum Gasteiger partial charge on any atom is 0.354 e. The van der Waals surface area contributed by atoms with Crippen LogP contribution in [0.15, 0.2) is 0 Å². The van der Waals surface area contributed by atoms with Crippen molar-refractivity contribution in [2.24, 2.45) is 5.92 Å². The van der Waals surface area contributed by atoms with Gasteiger partial charge < -0.3 is 14.2 Å². The highest BCUT2D eigenvalue weighted by Crippen LogP contribution is 2.26. The number of carbonyl (C=O) groups excluding carboxylic acids is 3. The van der Waals surface area contributed by atoms with Crippen LogP contribution in [0.5, 0.6) is 0 Å². The Hall–Kier alpha value is -2.11. The highest BCUT2D eigenvalue weighted by atomic mass is 16.5. The lowest BCUT2D eigenvalue weighted by molar-refractivity contribution is -0.132. The highest BCUT2D eigenvalue weighted by Gasteiger charge is 2.32. The van der Waals surface area contributed by atoms with Crippen molar-refractivity contribution in [1.29, 1.82) is 0 Å². The largest absolute Gasteiger partial charge is 0.464 e. The van der Waals surface area contributed by atoms with Gasteiger partial charge in [0.2, 0.25) is 5.91 Å². The summed E-state index contributed by atoms with van der Waals surface area (Å²) in [5.41, 5.74) is 2.28. The van der Waals surface area contributed by atoms with E-state index in [0.29, 0.717) is 42.2 Å². The summed E-state index contributed by atoms with van der Waals surface area (Å²) in [6.45, 7) is 14.4. The van der Waals surface area contributed by atoms with E-state index in [-0.39, 0.29) is 11.7 Å². The standard InChI is InChI=1S/C21H34N2O4/c1-9-17(24)23(12-11-13(3)4)16(7)20(25)18-14(5)19(21(26)27-8)22(10-2)15(18)6/h13,16H,9-12H2,1-8H3. The Kier molecular flexibility index (Phi) is 8.25. The van der Waals surface area contributed by atoms with Gasteiger partial charge in [-0.2, -0.15) is 0 Å². The molecule has 0 saturated carbocycles. The van der Waals surface area contributed by atoms with Crippen molar-refractivity contribution in [3.63, 3.8) is 0 Å². The zero-order valence-electron chi connectivity index (χ0n) is 18.0. The lowest BCUT2D eigenvalue weighted by Crippen LogP contribution is -2.44. The minimum atomic E-state index is -0.577. The molecular weight excluding hydrogens is 344 g/mol. The van der Waals surface area contributed by atoms with Crippen LogP contribution in [-0.4, -0.2) is 46.8 Å². The van der Waals surface area contributed by atoms with Crippen molar-refractivity contribution in [3.8, 4) is 0 Å². The number of aromatic nitrogens is 1. The number of hydrogen-bond donors (Lipinski definition) is 0. The number of ketones is 1. The van der Waals surface area contributed by atoms with E-state index in [2.05, 4.69) is 13.8 Å². The summed E-state index contributed by atoms with van der Waals surface area (Å²) in [6.07, 6.45) is 1.20. The molecule has 152 valence electrons. The Balaban J connectivity index is 3.35. The number of hydrogen-bond acceptors (Lipinski definition) is 4. The average Bonchev–Trinajstić information content (AvgIpc) is 2.89. The first-order valence-corrected chi connectivity index (χ1v) is 9.73. The third kappa shape index (κ3) is 4.79. The number of nitrogens with zero attached hydrogens (tertiary/aromatic N) is 2. The summed E-state index contributed by atoms with van der Waals surface area (Å²) < 4.78 is 6.71. The molecular formula is C21H34N2O4. The minimum absolute atomic E-state index is 0.0325. The zero-order valence-corrected chi connectivity index (χ0v) is 18.0. The third-order valence-electron chi connectivity index (χ3n) is 5.13. The molecule has 0 bridgehead atoms. The lowest BCUT2D eigenvalue weighted by Gasteiger charge is -2.29. The fourth-order valence-electron chi connectivity index (χ4n) is 3.50. The highest BCUT2D eigenvalue weighted by molar-refractivity contribution is 6.06. The summed E-state index contributed by atoms with van der Waals surface area (Å²) in [4.78, 5) is 39.7. The molecule has 0 fully saturated rings. The van der Waals surface area contributed by atoms with Crippen LogP contribution in [0.1, 0.15) is 79.6 Å². The maximum absolute atomic E-state index is 13.3. The Morgan fingerprint density at radius 2 is 1.70 bits per heavy atom.